The number of hydrogen-bond acceptors (Lipinski definition) is 2. The number of nitrogens with zero attached hydrogens (tertiary/aromatic N) is 1. The van der Waals surface area contributed by atoms with Gasteiger partial charge in [0.15, 0.2) is 0 Å². The van der Waals surface area contributed by atoms with Crippen molar-refractivity contribution in [1.82, 2.24) is 4.90 Å². The number of halogens is 3. The molecule has 0 bridgehead atoms. The minimum atomic E-state index is -4.31. The van der Waals surface area contributed by atoms with Gasteiger partial charge in [0, 0.05) is 13.1 Å². The molecule has 1 fully saturated rings. The predicted molar refractivity (Wildman–Crippen MR) is 86.0 cm³/mol. The van der Waals surface area contributed by atoms with Crippen LogP contribution in [-0.4, -0.2) is 30.7 Å². The molecule has 1 aliphatic heterocycles. The van der Waals surface area contributed by atoms with Gasteiger partial charge in [-0.25, -0.2) is 4.79 Å². The Morgan fingerprint density at radius 1 is 1.29 bits per heavy atom. The number of ether oxygens (including phenoxy) is 1. The summed E-state index contributed by atoms with van der Waals surface area (Å²) in [7, 11) is 0. The molecule has 0 saturated carbocycles. The second kappa shape index (κ2) is 7.90. The van der Waals surface area contributed by atoms with Crippen LogP contribution in [-0.2, 0) is 10.9 Å². The lowest BCUT2D eigenvalue weighted by Gasteiger charge is -2.32. The maximum Gasteiger partial charge on any atom is 0.416 e. The first kappa shape index (κ1) is 18.6. The Morgan fingerprint density at radius 3 is 2.50 bits per heavy atom. The summed E-state index contributed by atoms with van der Waals surface area (Å²) in [5.74, 6) is 0.187. The molecule has 0 radical (unpaired) electrons. The number of hydrogen-bond donors (Lipinski definition) is 0. The van der Waals surface area contributed by atoms with Crippen molar-refractivity contribution < 1.29 is 22.7 Å². The molecular formula is C18H24F3NO2. The highest BCUT2D eigenvalue weighted by Gasteiger charge is 2.32. The summed E-state index contributed by atoms with van der Waals surface area (Å²) in [6.45, 7) is 5.35. The van der Waals surface area contributed by atoms with Gasteiger partial charge in [0.25, 0.3) is 0 Å². The van der Waals surface area contributed by atoms with Crippen LogP contribution >= 0.6 is 0 Å². The van der Waals surface area contributed by atoms with Gasteiger partial charge in [0.2, 0.25) is 0 Å². The van der Waals surface area contributed by atoms with Crippen molar-refractivity contribution in [3.8, 4) is 0 Å². The van der Waals surface area contributed by atoms with E-state index in [-0.39, 0.29) is 12.0 Å². The monoisotopic (exact) mass is 343 g/mol. The lowest BCUT2D eigenvalue weighted by Crippen LogP contribution is -2.38. The third-order valence-corrected chi connectivity index (χ3v) is 4.51. The number of unbranched alkanes of at least 4 members (excludes halogenated alkanes) is 1. The van der Waals surface area contributed by atoms with E-state index in [9.17, 15) is 18.0 Å². The summed E-state index contributed by atoms with van der Waals surface area (Å²) in [5.41, 5.74) is 0.997. The SMILES string of the molecule is CCCCOC(=O)N1CCC(c2ccc(C(F)(F)F)cc2C)CC1. The predicted octanol–water partition coefficient (Wildman–Crippen LogP) is 5.13. The Labute approximate surface area is 140 Å². The average Bonchev–Trinajstić information content (AvgIpc) is 2.54. The van der Waals surface area contributed by atoms with Gasteiger partial charge in [-0.3, -0.25) is 0 Å². The molecule has 24 heavy (non-hydrogen) atoms. The summed E-state index contributed by atoms with van der Waals surface area (Å²) in [6.07, 6.45) is -1.28. The van der Waals surface area contributed by atoms with E-state index >= 15 is 0 Å². The van der Waals surface area contributed by atoms with Gasteiger partial charge in [0.1, 0.15) is 0 Å². The average molecular weight is 343 g/mol. The first-order chi connectivity index (χ1) is 11.3. The van der Waals surface area contributed by atoms with E-state index < -0.39 is 11.7 Å². The van der Waals surface area contributed by atoms with Gasteiger partial charge in [-0.15, -0.1) is 0 Å². The highest BCUT2D eigenvalue weighted by atomic mass is 19.4. The maximum atomic E-state index is 12.8. The zero-order chi connectivity index (χ0) is 17.7. The second-order valence-electron chi connectivity index (χ2n) is 6.30. The van der Waals surface area contributed by atoms with Crippen molar-refractivity contribution in [2.75, 3.05) is 19.7 Å². The molecule has 1 amide bonds. The molecule has 1 heterocycles. The molecule has 2 rings (SSSR count). The Bertz CT molecular complexity index is 564. The molecule has 6 heteroatoms. The molecule has 0 N–H and O–H groups in total. The fraction of sp³-hybridized carbons (Fsp3) is 0.611. The van der Waals surface area contributed by atoms with E-state index in [2.05, 4.69) is 0 Å². The Balaban J connectivity index is 1.94. The Kier molecular flexibility index (Phi) is 6.13. The Morgan fingerprint density at radius 2 is 1.96 bits per heavy atom. The van der Waals surface area contributed by atoms with Gasteiger partial charge >= 0.3 is 12.3 Å². The van der Waals surface area contributed by atoms with Crippen molar-refractivity contribution >= 4 is 6.09 Å². The number of amides is 1. The number of aryl methyl sites for hydroxylation is 1. The number of likely N-dealkylation sites (tertiary alicyclic amines) is 1. The van der Waals surface area contributed by atoms with Gasteiger partial charge in [-0.05, 0) is 55.4 Å². The number of carbonyl (C=O) groups excluding carboxylic acids is 1. The first-order valence-corrected chi connectivity index (χ1v) is 8.42. The van der Waals surface area contributed by atoms with Crippen LogP contribution in [0.15, 0.2) is 18.2 Å². The zero-order valence-electron chi connectivity index (χ0n) is 14.2. The second-order valence-corrected chi connectivity index (χ2v) is 6.30. The quantitative estimate of drug-likeness (QED) is 0.709. The molecule has 0 spiro atoms. The highest BCUT2D eigenvalue weighted by Crippen LogP contribution is 2.35. The van der Waals surface area contributed by atoms with Crippen LogP contribution in [0.25, 0.3) is 0 Å². The lowest BCUT2D eigenvalue weighted by atomic mass is 9.86. The minimum Gasteiger partial charge on any atom is -0.449 e. The molecule has 1 saturated heterocycles. The van der Waals surface area contributed by atoms with Crippen molar-refractivity contribution in [3.63, 3.8) is 0 Å². The summed E-state index contributed by atoms with van der Waals surface area (Å²) < 4.78 is 43.5. The van der Waals surface area contributed by atoms with Gasteiger partial charge in [0.05, 0.1) is 12.2 Å². The molecule has 0 unspecified atom stereocenters. The van der Waals surface area contributed by atoms with Crippen molar-refractivity contribution in [3.05, 3.63) is 34.9 Å². The van der Waals surface area contributed by atoms with E-state index in [0.29, 0.717) is 25.3 Å². The topological polar surface area (TPSA) is 29.5 Å². The molecular weight excluding hydrogens is 319 g/mol. The molecule has 1 aromatic rings. The van der Waals surface area contributed by atoms with Crippen molar-refractivity contribution in [1.29, 1.82) is 0 Å². The van der Waals surface area contributed by atoms with Crippen molar-refractivity contribution in [2.24, 2.45) is 0 Å². The summed E-state index contributed by atoms with van der Waals surface area (Å²) in [6, 6.07) is 3.94. The van der Waals surface area contributed by atoms with E-state index in [4.69, 9.17) is 4.74 Å². The van der Waals surface area contributed by atoms with Crippen LogP contribution < -0.4 is 0 Å². The highest BCUT2D eigenvalue weighted by molar-refractivity contribution is 5.67. The van der Waals surface area contributed by atoms with Gasteiger partial charge in [-0.1, -0.05) is 19.4 Å². The first-order valence-electron chi connectivity index (χ1n) is 8.42. The third-order valence-electron chi connectivity index (χ3n) is 4.51. The lowest BCUT2D eigenvalue weighted by molar-refractivity contribution is -0.137. The molecule has 0 atom stereocenters. The van der Waals surface area contributed by atoms with Crippen LogP contribution in [0.2, 0.25) is 0 Å². The molecule has 1 aliphatic rings. The standard InChI is InChI=1S/C18H24F3NO2/c1-3-4-11-24-17(23)22-9-7-14(8-10-22)16-6-5-15(12-13(16)2)18(19,20)21/h5-6,12,14H,3-4,7-11H2,1-2H3. The molecule has 1 aromatic carbocycles. The van der Waals surface area contributed by atoms with Gasteiger partial charge in [-0.2, -0.15) is 13.2 Å². The van der Waals surface area contributed by atoms with E-state index in [1.807, 2.05) is 6.92 Å². The fourth-order valence-electron chi connectivity index (χ4n) is 3.08. The normalized spacial score (nSPS) is 16.3. The molecule has 0 aliphatic carbocycles. The maximum absolute atomic E-state index is 12.8. The number of rotatable bonds is 4. The van der Waals surface area contributed by atoms with Crippen LogP contribution in [0.4, 0.5) is 18.0 Å². The molecule has 134 valence electrons. The number of alkyl halides is 3. The summed E-state index contributed by atoms with van der Waals surface area (Å²) >= 11 is 0. The van der Waals surface area contributed by atoms with Crippen molar-refractivity contribution in [2.45, 2.75) is 51.6 Å². The Hall–Kier alpha value is -1.72. The van der Waals surface area contributed by atoms with Crippen LogP contribution in [0.5, 0.6) is 0 Å². The van der Waals surface area contributed by atoms with Crippen LogP contribution in [0, 0.1) is 6.92 Å². The summed E-state index contributed by atoms with van der Waals surface area (Å²) in [5, 5.41) is 0. The number of carbonyl (C=O) groups is 1. The molecule has 0 aromatic heterocycles. The van der Waals surface area contributed by atoms with E-state index in [1.54, 1.807) is 17.9 Å². The van der Waals surface area contributed by atoms with E-state index in [0.717, 1.165) is 37.3 Å². The molecule has 3 nitrogen and oxygen atoms in total. The third kappa shape index (κ3) is 4.65. The van der Waals surface area contributed by atoms with Crippen LogP contribution in [0.3, 0.4) is 0 Å². The number of benzene rings is 1. The minimum absolute atomic E-state index is 0.187. The largest absolute Gasteiger partial charge is 0.449 e. The van der Waals surface area contributed by atoms with Crippen LogP contribution in [0.1, 0.15) is 55.2 Å². The number of piperidine rings is 1. The smallest absolute Gasteiger partial charge is 0.416 e. The van der Waals surface area contributed by atoms with E-state index in [1.165, 1.54) is 6.07 Å². The summed E-state index contributed by atoms with van der Waals surface area (Å²) in [4.78, 5) is 13.6. The van der Waals surface area contributed by atoms with Gasteiger partial charge < -0.3 is 9.64 Å². The zero-order valence-corrected chi connectivity index (χ0v) is 14.2. The fourth-order valence-corrected chi connectivity index (χ4v) is 3.08.